The molecule has 1 unspecified atom stereocenters. The molecule has 50 heavy (non-hydrogen) atoms. The fourth-order valence-electron chi connectivity index (χ4n) is 6.42. The van der Waals surface area contributed by atoms with Crippen molar-refractivity contribution < 1.29 is 28.6 Å². The maximum atomic E-state index is 12.5. The van der Waals surface area contributed by atoms with Crippen LogP contribution in [-0.4, -0.2) is 37.2 Å². The summed E-state index contributed by atoms with van der Waals surface area (Å²) < 4.78 is 16.6. The van der Waals surface area contributed by atoms with Gasteiger partial charge in [-0.1, -0.05) is 201 Å². The lowest BCUT2D eigenvalue weighted by molar-refractivity contribution is -0.167. The first-order valence-corrected chi connectivity index (χ1v) is 21.9. The van der Waals surface area contributed by atoms with Crippen molar-refractivity contribution in [3.8, 4) is 0 Å². The number of esters is 3. The Hall–Kier alpha value is -1.59. The fraction of sp³-hybridized carbons (Fsp3) is 0.932. The van der Waals surface area contributed by atoms with Gasteiger partial charge in [0, 0.05) is 19.3 Å². The van der Waals surface area contributed by atoms with Gasteiger partial charge in [-0.2, -0.15) is 0 Å². The zero-order valence-electron chi connectivity index (χ0n) is 33.9. The molecule has 0 N–H and O–H groups in total. The number of rotatable bonds is 39. The number of carbonyl (C=O) groups is 3. The average molecular weight is 709 g/mol. The van der Waals surface area contributed by atoms with E-state index >= 15 is 0 Å². The van der Waals surface area contributed by atoms with Gasteiger partial charge in [0.05, 0.1) is 0 Å². The van der Waals surface area contributed by atoms with Crippen molar-refractivity contribution in [2.75, 3.05) is 13.2 Å². The van der Waals surface area contributed by atoms with Gasteiger partial charge in [-0.05, 0) is 25.2 Å². The fourth-order valence-corrected chi connectivity index (χ4v) is 6.42. The second-order valence-electron chi connectivity index (χ2n) is 15.2. The Balaban J connectivity index is 4.16. The number of hydrogen-bond donors (Lipinski definition) is 0. The quantitative estimate of drug-likeness (QED) is 0.0359. The Kier molecular flexibility index (Phi) is 37.4. The van der Waals surface area contributed by atoms with E-state index in [1.54, 1.807) is 0 Å². The van der Waals surface area contributed by atoms with Crippen molar-refractivity contribution >= 4 is 17.9 Å². The van der Waals surface area contributed by atoms with Crippen molar-refractivity contribution in [1.29, 1.82) is 0 Å². The molecule has 0 amide bonds. The molecule has 0 rings (SSSR count). The molecule has 6 heteroatoms. The first-order chi connectivity index (χ1) is 24.4. The highest BCUT2D eigenvalue weighted by molar-refractivity contribution is 5.71. The van der Waals surface area contributed by atoms with E-state index in [1.165, 1.54) is 128 Å². The Morgan fingerprint density at radius 1 is 0.400 bits per heavy atom. The lowest BCUT2D eigenvalue weighted by atomic mass is 9.99. The summed E-state index contributed by atoms with van der Waals surface area (Å²) in [5, 5.41) is 0. The Bertz CT molecular complexity index is 753. The molecule has 0 aliphatic heterocycles. The van der Waals surface area contributed by atoms with Crippen LogP contribution in [0.5, 0.6) is 0 Å². The Morgan fingerprint density at radius 2 is 0.700 bits per heavy atom. The molecule has 0 saturated heterocycles. The smallest absolute Gasteiger partial charge is 0.306 e. The predicted octanol–water partition coefficient (Wildman–Crippen LogP) is 13.6. The van der Waals surface area contributed by atoms with Crippen LogP contribution in [0.25, 0.3) is 0 Å². The topological polar surface area (TPSA) is 78.9 Å². The third-order valence-corrected chi connectivity index (χ3v) is 10.2. The molecule has 0 aliphatic rings. The van der Waals surface area contributed by atoms with Gasteiger partial charge in [-0.3, -0.25) is 14.4 Å². The Labute approximate surface area is 310 Å². The first kappa shape index (κ1) is 48.4. The van der Waals surface area contributed by atoms with Gasteiger partial charge in [-0.25, -0.2) is 0 Å². The minimum Gasteiger partial charge on any atom is -0.462 e. The molecule has 0 fully saturated rings. The van der Waals surface area contributed by atoms with E-state index < -0.39 is 6.10 Å². The summed E-state index contributed by atoms with van der Waals surface area (Å²) in [7, 11) is 0. The van der Waals surface area contributed by atoms with Gasteiger partial charge in [-0.15, -0.1) is 0 Å². The van der Waals surface area contributed by atoms with Crippen LogP contribution in [0.3, 0.4) is 0 Å². The van der Waals surface area contributed by atoms with Gasteiger partial charge in [0.15, 0.2) is 6.10 Å². The summed E-state index contributed by atoms with van der Waals surface area (Å²) in [5.74, 6) is -0.0243. The maximum absolute atomic E-state index is 12.5. The standard InChI is InChI=1S/C44H84O6/c1-5-8-10-12-13-14-15-16-17-18-19-20-24-28-31-35-42(45)48-38-41(50-44(47)37-33-26-11-9-6-2)39-49-43(46)36-32-29-25-22-21-23-27-30-34-40(4)7-3/h40-41H,5-39H2,1-4H3/t40?,41-/m0/s1. The van der Waals surface area contributed by atoms with Crippen LogP contribution in [-0.2, 0) is 28.6 Å². The molecular formula is C44H84O6. The van der Waals surface area contributed by atoms with E-state index in [-0.39, 0.29) is 31.1 Å². The summed E-state index contributed by atoms with van der Waals surface area (Å²) >= 11 is 0. The van der Waals surface area contributed by atoms with E-state index in [1.807, 2.05) is 0 Å². The summed E-state index contributed by atoms with van der Waals surface area (Å²) in [6.45, 7) is 8.91. The minimum absolute atomic E-state index is 0.0657. The normalized spacial score (nSPS) is 12.5. The molecule has 0 aliphatic carbocycles. The molecule has 0 heterocycles. The van der Waals surface area contributed by atoms with Gasteiger partial charge in [0.1, 0.15) is 13.2 Å². The highest BCUT2D eigenvalue weighted by Gasteiger charge is 2.19. The number of carbonyl (C=O) groups excluding carboxylic acids is 3. The molecule has 0 spiro atoms. The molecule has 0 saturated carbocycles. The monoisotopic (exact) mass is 709 g/mol. The molecular weight excluding hydrogens is 624 g/mol. The number of hydrogen-bond acceptors (Lipinski definition) is 6. The molecule has 0 aromatic carbocycles. The molecule has 2 atom stereocenters. The summed E-state index contributed by atoms with van der Waals surface area (Å²) in [4.78, 5) is 37.4. The minimum atomic E-state index is -0.757. The predicted molar refractivity (Wildman–Crippen MR) is 210 cm³/mol. The highest BCUT2D eigenvalue weighted by Crippen LogP contribution is 2.16. The van der Waals surface area contributed by atoms with Crippen molar-refractivity contribution in [2.24, 2.45) is 5.92 Å². The van der Waals surface area contributed by atoms with E-state index in [4.69, 9.17) is 14.2 Å². The van der Waals surface area contributed by atoms with Crippen molar-refractivity contribution in [3.63, 3.8) is 0 Å². The third-order valence-electron chi connectivity index (χ3n) is 10.2. The van der Waals surface area contributed by atoms with Crippen LogP contribution < -0.4 is 0 Å². The van der Waals surface area contributed by atoms with Gasteiger partial charge in [0.25, 0.3) is 0 Å². The Morgan fingerprint density at radius 3 is 1.04 bits per heavy atom. The number of ether oxygens (including phenoxy) is 3. The van der Waals surface area contributed by atoms with Crippen LogP contribution >= 0.6 is 0 Å². The maximum Gasteiger partial charge on any atom is 0.306 e. The van der Waals surface area contributed by atoms with E-state index in [0.717, 1.165) is 70.1 Å². The van der Waals surface area contributed by atoms with E-state index in [2.05, 4.69) is 27.7 Å². The van der Waals surface area contributed by atoms with Gasteiger partial charge in [0.2, 0.25) is 0 Å². The van der Waals surface area contributed by atoms with Gasteiger partial charge >= 0.3 is 17.9 Å². The summed E-state index contributed by atoms with van der Waals surface area (Å²) in [6, 6.07) is 0. The molecule has 6 nitrogen and oxygen atoms in total. The molecule has 296 valence electrons. The zero-order valence-corrected chi connectivity index (χ0v) is 33.9. The van der Waals surface area contributed by atoms with E-state index in [9.17, 15) is 14.4 Å². The molecule has 0 radical (unpaired) electrons. The molecule has 0 bridgehead atoms. The van der Waals surface area contributed by atoms with Crippen molar-refractivity contribution in [2.45, 2.75) is 246 Å². The lowest BCUT2D eigenvalue weighted by Crippen LogP contribution is -2.30. The summed E-state index contributed by atoms with van der Waals surface area (Å²) in [5.41, 5.74) is 0. The third kappa shape index (κ3) is 36.2. The van der Waals surface area contributed by atoms with Crippen LogP contribution in [0, 0.1) is 5.92 Å². The van der Waals surface area contributed by atoms with Crippen molar-refractivity contribution in [3.05, 3.63) is 0 Å². The van der Waals surface area contributed by atoms with Crippen molar-refractivity contribution in [1.82, 2.24) is 0 Å². The second-order valence-corrected chi connectivity index (χ2v) is 15.2. The van der Waals surface area contributed by atoms with Crippen LogP contribution in [0.2, 0.25) is 0 Å². The lowest BCUT2D eigenvalue weighted by Gasteiger charge is -2.18. The molecule has 0 aromatic heterocycles. The van der Waals surface area contributed by atoms with Crippen LogP contribution in [0.1, 0.15) is 240 Å². The number of unbranched alkanes of at least 4 members (excludes halogenated alkanes) is 25. The van der Waals surface area contributed by atoms with E-state index in [0.29, 0.717) is 19.3 Å². The zero-order chi connectivity index (χ0) is 36.8. The second kappa shape index (κ2) is 38.6. The SMILES string of the molecule is CCCCCCCCCCCCCCCCCC(=O)OC[C@@H](COC(=O)CCCCCCCCCCC(C)CC)OC(=O)CCCCCCC. The van der Waals surface area contributed by atoms with Gasteiger partial charge < -0.3 is 14.2 Å². The van der Waals surface area contributed by atoms with Crippen LogP contribution in [0.15, 0.2) is 0 Å². The average Bonchev–Trinajstić information content (AvgIpc) is 3.11. The largest absolute Gasteiger partial charge is 0.462 e. The first-order valence-electron chi connectivity index (χ1n) is 21.9. The highest BCUT2D eigenvalue weighted by atomic mass is 16.6. The molecule has 0 aromatic rings. The summed E-state index contributed by atoms with van der Waals surface area (Å²) in [6.07, 6.45) is 36.8. The van der Waals surface area contributed by atoms with Crippen LogP contribution in [0.4, 0.5) is 0 Å².